The summed E-state index contributed by atoms with van der Waals surface area (Å²) in [7, 11) is 2.11. The lowest BCUT2D eigenvalue weighted by atomic mass is 9.96. The Morgan fingerprint density at radius 1 is 1.29 bits per heavy atom. The molecule has 1 aromatic rings. The number of rotatable bonds is 4. The second kappa shape index (κ2) is 4.00. The molecule has 17 heavy (non-hydrogen) atoms. The minimum atomic E-state index is 0.287. The van der Waals surface area contributed by atoms with Gasteiger partial charge >= 0.3 is 0 Å². The monoisotopic (exact) mass is 232 g/mol. The molecular weight excluding hydrogens is 212 g/mol. The van der Waals surface area contributed by atoms with Crippen LogP contribution >= 0.6 is 0 Å². The lowest BCUT2D eigenvalue weighted by molar-refractivity contribution is 0.0388. The quantitative estimate of drug-likeness (QED) is 0.852. The predicted molar refractivity (Wildman–Crippen MR) is 68.3 cm³/mol. The third-order valence-corrected chi connectivity index (χ3v) is 4.04. The van der Waals surface area contributed by atoms with E-state index >= 15 is 0 Å². The summed E-state index contributed by atoms with van der Waals surface area (Å²) >= 11 is 0. The van der Waals surface area contributed by atoms with Gasteiger partial charge in [-0.2, -0.15) is 0 Å². The fourth-order valence-electron chi connectivity index (χ4n) is 2.56. The lowest BCUT2D eigenvalue weighted by Crippen LogP contribution is -2.51. The van der Waals surface area contributed by atoms with Crippen LogP contribution in [-0.4, -0.2) is 37.7 Å². The van der Waals surface area contributed by atoms with Gasteiger partial charge in [-0.05, 0) is 37.6 Å². The van der Waals surface area contributed by atoms with Crippen LogP contribution in [0.1, 0.15) is 18.4 Å². The molecule has 1 aliphatic heterocycles. The van der Waals surface area contributed by atoms with Crippen molar-refractivity contribution in [2.75, 3.05) is 26.7 Å². The summed E-state index contributed by atoms with van der Waals surface area (Å²) in [5.41, 5.74) is 7.49. The van der Waals surface area contributed by atoms with E-state index in [1.54, 1.807) is 0 Å². The van der Waals surface area contributed by atoms with Crippen LogP contribution in [0, 0.1) is 0 Å². The molecular formula is C14H20N2O. The number of nitrogens with two attached hydrogens (primary N) is 1. The van der Waals surface area contributed by atoms with Gasteiger partial charge in [0, 0.05) is 25.0 Å². The maximum absolute atomic E-state index is 5.87. The molecule has 3 nitrogen and oxygen atoms in total. The summed E-state index contributed by atoms with van der Waals surface area (Å²) < 4.78 is 5.87. The fraction of sp³-hybridized carbons (Fsp3) is 0.571. The summed E-state index contributed by atoms with van der Waals surface area (Å²) in [5, 5.41) is 0. The van der Waals surface area contributed by atoms with Crippen molar-refractivity contribution in [3.63, 3.8) is 0 Å². The molecule has 3 heteroatoms. The number of ether oxygens (including phenoxy) is 1. The van der Waals surface area contributed by atoms with Crippen molar-refractivity contribution in [1.82, 2.24) is 4.90 Å². The zero-order valence-electron chi connectivity index (χ0n) is 10.4. The van der Waals surface area contributed by atoms with Gasteiger partial charge in [0.2, 0.25) is 0 Å². The highest BCUT2D eigenvalue weighted by molar-refractivity contribution is 5.36. The Hall–Kier alpha value is -1.06. The molecule has 0 unspecified atom stereocenters. The Labute approximate surface area is 103 Å². The van der Waals surface area contributed by atoms with Gasteiger partial charge in [-0.3, -0.25) is 4.90 Å². The van der Waals surface area contributed by atoms with Crippen molar-refractivity contribution in [2.24, 2.45) is 5.73 Å². The predicted octanol–water partition coefficient (Wildman–Crippen LogP) is 1.37. The Morgan fingerprint density at radius 3 is 2.41 bits per heavy atom. The minimum Gasteiger partial charge on any atom is -0.488 e. The van der Waals surface area contributed by atoms with Gasteiger partial charge in [-0.25, -0.2) is 0 Å². The van der Waals surface area contributed by atoms with E-state index in [4.69, 9.17) is 10.5 Å². The van der Waals surface area contributed by atoms with Crippen molar-refractivity contribution in [1.29, 1.82) is 0 Å². The molecule has 1 heterocycles. The van der Waals surface area contributed by atoms with Crippen LogP contribution in [0.3, 0.4) is 0 Å². The summed E-state index contributed by atoms with van der Waals surface area (Å²) in [5.74, 6) is 0.986. The summed E-state index contributed by atoms with van der Waals surface area (Å²) in [6.07, 6.45) is 2.84. The number of nitrogens with zero attached hydrogens (tertiary/aromatic N) is 1. The summed E-state index contributed by atoms with van der Waals surface area (Å²) in [4.78, 5) is 2.26. The highest BCUT2D eigenvalue weighted by atomic mass is 16.5. The number of hydrogen-bond donors (Lipinski definition) is 1. The van der Waals surface area contributed by atoms with E-state index in [0.29, 0.717) is 6.10 Å². The summed E-state index contributed by atoms with van der Waals surface area (Å²) in [6.45, 7) is 2.84. The SMILES string of the molecule is CN1CC(Oc2ccc(C3(CN)CC3)cc2)C1. The van der Waals surface area contributed by atoms with Crippen LogP contribution in [0.4, 0.5) is 0 Å². The zero-order chi connectivity index (χ0) is 11.9. The first kappa shape index (κ1) is 11.1. The maximum atomic E-state index is 5.87. The molecule has 2 fully saturated rings. The van der Waals surface area contributed by atoms with Crippen molar-refractivity contribution in [2.45, 2.75) is 24.4 Å². The van der Waals surface area contributed by atoms with Gasteiger partial charge in [0.25, 0.3) is 0 Å². The van der Waals surface area contributed by atoms with E-state index in [-0.39, 0.29) is 5.41 Å². The molecule has 92 valence electrons. The Morgan fingerprint density at radius 2 is 1.94 bits per heavy atom. The summed E-state index contributed by atoms with van der Waals surface area (Å²) in [6, 6.07) is 8.53. The minimum absolute atomic E-state index is 0.287. The van der Waals surface area contributed by atoms with E-state index in [2.05, 4.69) is 36.2 Å². The Kier molecular flexibility index (Phi) is 2.60. The van der Waals surface area contributed by atoms with Crippen molar-refractivity contribution in [3.05, 3.63) is 29.8 Å². The second-order valence-corrected chi connectivity index (χ2v) is 5.47. The van der Waals surface area contributed by atoms with Crippen molar-refractivity contribution >= 4 is 0 Å². The van der Waals surface area contributed by atoms with Crippen LogP contribution in [0.25, 0.3) is 0 Å². The number of likely N-dealkylation sites (N-methyl/N-ethyl adjacent to an activating group) is 1. The first-order chi connectivity index (χ1) is 8.22. The molecule has 2 N–H and O–H groups in total. The Bertz CT molecular complexity index is 391. The molecule has 1 aliphatic carbocycles. The molecule has 1 saturated carbocycles. The van der Waals surface area contributed by atoms with Crippen LogP contribution in [0.15, 0.2) is 24.3 Å². The topological polar surface area (TPSA) is 38.5 Å². The molecule has 0 amide bonds. The smallest absolute Gasteiger partial charge is 0.124 e. The highest BCUT2D eigenvalue weighted by Gasteiger charge is 2.42. The zero-order valence-corrected chi connectivity index (χ0v) is 10.4. The highest BCUT2D eigenvalue weighted by Crippen LogP contribution is 2.47. The molecule has 0 aromatic heterocycles. The average Bonchev–Trinajstić information content (AvgIpc) is 3.09. The standard InChI is InChI=1S/C14H20N2O/c1-16-8-13(9-16)17-12-4-2-11(3-5-12)14(10-15)6-7-14/h2-5,13H,6-10,15H2,1H3. The molecule has 0 spiro atoms. The Balaban J connectivity index is 1.64. The first-order valence-electron chi connectivity index (χ1n) is 6.38. The number of likely N-dealkylation sites (tertiary alicyclic amines) is 1. The van der Waals surface area contributed by atoms with Crippen LogP contribution < -0.4 is 10.5 Å². The normalized spacial score (nSPS) is 23.2. The van der Waals surface area contributed by atoms with Crippen LogP contribution in [0.5, 0.6) is 5.75 Å². The van der Waals surface area contributed by atoms with E-state index in [1.807, 2.05) is 0 Å². The molecule has 0 radical (unpaired) electrons. The van der Waals surface area contributed by atoms with E-state index < -0.39 is 0 Å². The van der Waals surface area contributed by atoms with Gasteiger partial charge < -0.3 is 10.5 Å². The fourth-order valence-corrected chi connectivity index (χ4v) is 2.56. The van der Waals surface area contributed by atoms with Gasteiger partial charge in [-0.1, -0.05) is 12.1 Å². The molecule has 0 bridgehead atoms. The third-order valence-electron chi connectivity index (χ3n) is 4.04. The maximum Gasteiger partial charge on any atom is 0.124 e. The first-order valence-corrected chi connectivity index (χ1v) is 6.38. The van der Waals surface area contributed by atoms with Gasteiger partial charge in [0.1, 0.15) is 11.9 Å². The number of benzene rings is 1. The van der Waals surface area contributed by atoms with Gasteiger partial charge in [0.15, 0.2) is 0 Å². The molecule has 0 atom stereocenters. The van der Waals surface area contributed by atoms with Gasteiger partial charge in [-0.15, -0.1) is 0 Å². The molecule has 3 rings (SSSR count). The van der Waals surface area contributed by atoms with Gasteiger partial charge in [0.05, 0.1) is 0 Å². The third kappa shape index (κ3) is 2.05. The lowest BCUT2D eigenvalue weighted by Gasteiger charge is -2.36. The molecule has 1 aromatic carbocycles. The van der Waals surface area contributed by atoms with E-state index in [9.17, 15) is 0 Å². The van der Waals surface area contributed by atoms with Crippen molar-refractivity contribution in [3.8, 4) is 5.75 Å². The second-order valence-electron chi connectivity index (χ2n) is 5.47. The number of hydrogen-bond acceptors (Lipinski definition) is 3. The van der Waals surface area contributed by atoms with Crippen LogP contribution in [0.2, 0.25) is 0 Å². The van der Waals surface area contributed by atoms with Crippen LogP contribution in [-0.2, 0) is 5.41 Å². The molecule has 1 saturated heterocycles. The van der Waals surface area contributed by atoms with Crippen molar-refractivity contribution < 1.29 is 4.74 Å². The largest absolute Gasteiger partial charge is 0.488 e. The molecule has 2 aliphatic rings. The van der Waals surface area contributed by atoms with E-state index in [0.717, 1.165) is 25.4 Å². The van der Waals surface area contributed by atoms with E-state index in [1.165, 1.54) is 18.4 Å². The average molecular weight is 232 g/mol.